The summed E-state index contributed by atoms with van der Waals surface area (Å²) in [5.74, 6) is -0.0966. The van der Waals surface area contributed by atoms with Crippen LogP contribution in [-0.2, 0) is 28.5 Å². The first-order valence-electron chi connectivity index (χ1n) is 7.74. The van der Waals surface area contributed by atoms with Crippen molar-refractivity contribution in [3.05, 3.63) is 0 Å². The Morgan fingerprint density at radius 1 is 0.818 bits per heavy atom. The van der Waals surface area contributed by atoms with Crippen molar-refractivity contribution in [1.29, 1.82) is 0 Å². The molecule has 7 nitrogen and oxygen atoms in total. The molecule has 22 heavy (non-hydrogen) atoms. The van der Waals surface area contributed by atoms with Gasteiger partial charge in [0.1, 0.15) is 13.2 Å². The Balaban J connectivity index is 3.20. The summed E-state index contributed by atoms with van der Waals surface area (Å²) in [5.41, 5.74) is 0. The van der Waals surface area contributed by atoms with Gasteiger partial charge in [-0.05, 0) is 12.8 Å². The quantitative estimate of drug-likeness (QED) is 0.419. The zero-order valence-electron chi connectivity index (χ0n) is 13.7. The molecule has 0 bridgehead atoms. The van der Waals surface area contributed by atoms with Gasteiger partial charge in [0.15, 0.2) is 5.78 Å². The van der Waals surface area contributed by atoms with E-state index in [2.05, 4.69) is 5.32 Å². The minimum absolute atomic E-state index is 0.0393. The maximum absolute atomic E-state index is 11.5. The van der Waals surface area contributed by atoms with Gasteiger partial charge >= 0.3 is 0 Å². The Hall–Kier alpha value is -1.02. The number of hydrogen-bond acceptors (Lipinski definition) is 6. The summed E-state index contributed by atoms with van der Waals surface area (Å²) in [6, 6.07) is 0. The molecule has 0 aromatic carbocycles. The van der Waals surface area contributed by atoms with Crippen molar-refractivity contribution in [1.82, 2.24) is 5.32 Å². The first-order chi connectivity index (χ1) is 10.7. The number of rotatable bonds is 16. The van der Waals surface area contributed by atoms with Crippen molar-refractivity contribution >= 4 is 11.7 Å². The van der Waals surface area contributed by atoms with Crippen molar-refractivity contribution in [3.8, 4) is 0 Å². The molecule has 0 radical (unpaired) electrons. The highest BCUT2D eigenvalue weighted by Gasteiger charge is 2.02. The highest BCUT2D eigenvalue weighted by atomic mass is 16.5. The van der Waals surface area contributed by atoms with Gasteiger partial charge in [-0.2, -0.15) is 0 Å². The molecule has 0 fully saturated rings. The molecule has 0 aromatic rings. The van der Waals surface area contributed by atoms with Crippen LogP contribution in [0.25, 0.3) is 0 Å². The molecule has 0 aliphatic carbocycles. The SMILES string of the molecule is CCCOCCOCC(=O)CCCOCCOCC(=O)NC. The van der Waals surface area contributed by atoms with Crippen LogP contribution in [0.15, 0.2) is 0 Å². The molecule has 0 unspecified atom stereocenters. The standard InChI is InChI=1S/C15H29NO6/c1-3-6-19-8-10-21-12-14(17)5-4-7-20-9-11-22-13-15(18)16-2/h3-13H2,1-2H3,(H,16,18). The van der Waals surface area contributed by atoms with Crippen molar-refractivity contribution in [3.63, 3.8) is 0 Å². The lowest BCUT2D eigenvalue weighted by Crippen LogP contribution is -2.24. The number of amides is 1. The molecule has 0 saturated heterocycles. The van der Waals surface area contributed by atoms with Gasteiger partial charge in [-0.15, -0.1) is 0 Å². The molecular weight excluding hydrogens is 290 g/mol. The molecule has 1 N–H and O–H groups in total. The third-order valence-corrected chi connectivity index (χ3v) is 2.61. The Bertz CT molecular complexity index is 285. The zero-order valence-corrected chi connectivity index (χ0v) is 13.7. The van der Waals surface area contributed by atoms with Crippen LogP contribution in [0, 0.1) is 0 Å². The summed E-state index contributed by atoms with van der Waals surface area (Å²) >= 11 is 0. The number of hydrogen-bond donors (Lipinski definition) is 1. The molecule has 0 aliphatic rings. The summed E-state index contributed by atoms with van der Waals surface area (Å²) in [6.07, 6.45) is 2.08. The van der Waals surface area contributed by atoms with Crippen molar-refractivity contribution in [2.75, 3.05) is 59.9 Å². The summed E-state index contributed by atoms with van der Waals surface area (Å²) in [4.78, 5) is 22.3. The largest absolute Gasteiger partial charge is 0.379 e. The van der Waals surface area contributed by atoms with Crippen LogP contribution in [0.2, 0.25) is 0 Å². The van der Waals surface area contributed by atoms with Gasteiger partial charge < -0.3 is 24.3 Å². The summed E-state index contributed by atoms with van der Waals surface area (Å²) in [6.45, 7) is 5.18. The van der Waals surface area contributed by atoms with Crippen LogP contribution < -0.4 is 5.32 Å². The fourth-order valence-corrected chi connectivity index (χ4v) is 1.45. The highest BCUT2D eigenvalue weighted by molar-refractivity contribution is 5.79. The van der Waals surface area contributed by atoms with Crippen LogP contribution in [0.1, 0.15) is 26.2 Å². The van der Waals surface area contributed by atoms with Crippen molar-refractivity contribution in [2.45, 2.75) is 26.2 Å². The lowest BCUT2D eigenvalue weighted by Gasteiger charge is -2.06. The van der Waals surface area contributed by atoms with E-state index in [0.29, 0.717) is 45.9 Å². The third-order valence-electron chi connectivity index (χ3n) is 2.61. The molecule has 1 amide bonds. The summed E-state index contributed by atoms with van der Waals surface area (Å²) in [5, 5.41) is 2.46. The van der Waals surface area contributed by atoms with Gasteiger partial charge in [-0.1, -0.05) is 6.92 Å². The molecule has 0 heterocycles. The van der Waals surface area contributed by atoms with E-state index in [1.54, 1.807) is 7.05 Å². The fraction of sp³-hybridized carbons (Fsp3) is 0.867. The highest BCUT2D eigenvalue weighted by Crippen LogP contribution is 1.94. The number of ketones is 1. The zero-order chi connectivity index (χ0) is 16.5. The minimum Gasteiger partial charge on any atom is -0.379 e. The lowest BCUT2D eigenvalue weighted by molar-refractivity contribution is -0.126. The molecule has 0 atom stereocenters. The van der Waals surface area contributed by atoms with E-state index >= 15 is 0 Å². The van der Waals surface area contributed by atoms with Crippen LogP contribution in [0.3, 0.4) is 0 Å². The molecule has 0 aromatic heterocycles. The molecule has 0 rings (SSSR count). The van der Waals surface area contributed by atoms with Crippen LogP contribution in [0.5, 0.6) is 0 Å². The van der Waals surface area contributed by atoms with E-state index in [1.165, 1.54) is 0 Å². The summed E-state index contributed by atoms with van der Waals surface area (Å²) < 4.78 is 20.8. The van der Waals surface area contributed by atoms with Crippen LogP contribution >= 0.6 is 0 Å². The van der Waals surface area contributed by atoms with Gasteiger partial charge in [0.05, 0.1) is 26.4 Å². The monoisotopic (exact) mass is 319 g/mol. The normalized spacial score (nSPS) is 10.6. The number of nitrogens with one attached hydrogen (secondary N) is 1. The first kappa shape index (κ1) is 21.0. The maximum atomic E-state index is 11.5. The number of carbonyl (C=O) groups is 2. The minimum atomic E-state index is -0.161. The molecular formula is C15H29NO6. The average molecular weight is 319 g/mol. The first-order valence-corrected chi connectivity index (χ1v) is 7.74. The smallest absolute Gasteiger partial charge is 0.245 e. The second-order valence-corrected chi connectivity index (χ2v) is 4.65. The van der Waals surface area contributed by atoms with Crippen LogP contribution in [0.4, 0.5) is 0 Å². The van der Waals surface area contributed by atoms with E-state index in [-0.39, 0.29) is 24.9 Å². The van der Waals surface area contributed by atoms with E-state index in [9.17, 15) is 9.59 Å². The lowest BCUT2D eigenvalue weighted by atomic mass is 10.2. The van der Waals surface area contributed by atoms with E-state index in [0.717, 1.165) is 13.0 Å². The topological polar surface area (TPSA) is 83.1 Å². The Labute approximate surface area is 132 Å². The number of ether oxygens (including phenoxy) is 4. The fourth-order valence-electron chi connectivity index (χ4n) is 1.45. The van der Waals surface area contributed by atoms with E-state index < -0.39 is 0 Å². The molecule has 7 heteroatoms. The predicted molar refractivity (Wildman–Crippen MR) is 81.9 cm³/mol. The second-order valence-electron chi connectivity index (χ2n) is 4.65. The van der Waals surface area contributed by atoms with Crippen molar-refractivity contribution in [2.24, 2.45) is 0 Å². The number of Topliss-reactive ketones (excluding diaryl/α,β-unsaturated/α-hetero) is 1. The molecule has 0 aliphatic heterocycles. The molecule has 130 valence electrons. The average Bonchev–Trinajstić information content (AvgIpc) is 2.52. The third kappa shape index (κ3) is 15.4. The van der Waals surface area contributed by atoms with Gasteiger partial charge in [0, 0.05) is 26.7 Å². The van der Waals surface area contributed by atoms with Crippen molar-refractivity contribution < 1.29 is 28.5 Å². The van der Waals surface area contributed by atoms with E-state index in [4.69, 9.17) is 18.9 Å². The molecule has 0 spiro atoms. The molecule has 0 saturated carbocycles. The van der Waals surface area contributed by atoms with Gasteiger partial charge in [-0.25, -0.2) is 0 Å². The second kappa shape index (κ2) is 16.4. The van der Waals surface area contributed by atoms with Gasteiger partial charge in [-0.3, -0.25) is 9.59 Å². The number of carbonyl (C=O) groups excluding carboxylic acids is 2. The van der Waals surface area contributed by atoms with Crippen LogP contribution in [-0.4, -0.2) is 71.6 Å². The Morgan fingerprint density at radius 2 is 1.41 bits per heavy atom. The Morgan fingerprint density at radius 3 is 2.05 bits per heavy atom. The Kier molecular flexibility index (Phi) is 15.6. The van der Waals surface area contributed by atoms with E-state index in [1.807, 2.05) is 6.92 Å². The number of likely N-dealkylation sites (N-methyl/N-ethyl adjacent to an activating group) is 1. The maximum Gasteiger partial charge on any atom is 0.245 e. The van der Waals surface area contributed by atoms with Gasteiger partial charge in [0.2, 0.25) is 5.91 Å². The van der Waals surface area contributed by atoms with Gasteiger partial charge in [0.25, 0.3) is 0 Å². The predicted octanol–water partition coefficient (Wildman–Crippen LogP) is 0.558. The summed E-state index contributed by atoms with van der Waals surface area (Å²) in [7, 11) is 1.56.